The quantitative estimate of drug-likeness (QED) is 0.811. The molecule has 1 aromatic heterocycles. The topological polar surface area (TPSA) is 66.5 Å². The van der Waals surface area contributed by atoms with Gasteiger partial charge in [-0.1, -0.05) is 29.5 Å². The van der Waals surface area contributed by atoms with Crippen molar-refractivity contribution in [2.75, 3.05) is 0 Å². The maximum atomic E-state index is 3.89. The fourth-order valence-corrected chi connectivity index (χ4v) is 1.68. The Balaban J connectivity index is 1.98. The summed E-state index contributed by atoms with van der Waals surface area (Å²) in [6, 6.07) is 8.62. The van der Waals surface area contributed by atoms with Crippen LogP contribution in [0, 0.1) is 6.92 Å². The van der Waals surface area contributed by atoms with E-state index >= 15 is 0 Å². The molecule has 0 bridgehead atoms. The molecule has 0 amide bonds. The molecule has 0 radical (unpaired) electrons. The number of aromatic amines is 1. The zero-order chi connectivity index (χ0) is 11.4. The second-order valence-electron chi connectivity index (χ2n) is 3.79. The molecule has 2 N–H and O–H groups in total. The van der Waals surface area contributed by atoms with E-state index in [1.54, 1.807) is 0 Å². The Labute approximate surface area is 94.3 Å². The summed E-state index contributed by atoms with van der Waals surface area (Å²) in [5.41, 5.74) is 2.58. The molecule has 1 unspecified atom stereocenters. The molecule has 2 aromatic rings. The van der Waals surface area contributed by atoms with Gasteiger partial charge in [-0.3, -0.25) is 0 Å². The summed E-state index contributed by atoms with van der Waals surface area (Å²) in [7, 11) is 0. The highest BCUT2D eigenvalue weighted by Gasteiger charge is 2.08. The molecule has 2 rings (SSSR count). The van der Waals surface area contributed by atoms with Gasteiger partial charge in [-0.05, 0) is 25.0 Å². The lowest BCUT2D eigenvalue weighted by molar-refractivity contribution is 0.557. The zero-order valence-corrected chi connectivity index (χ0v) is 9.44. The van der Waals surface area contributed by atoms with Crippen molar-refractivity contribution in [2.24, 2.45) is 0 Å². The number of tetrazole rings is 1. The Morgan fingerprint density at radius 1 is 1.38 bits per heavy atom. The molecule has 0 fully saturated rings. The molecule has 5 heteroatoms. The molecule has 0 saturated carbocycles. The Hall–Kier alpha value is -1.75. The van der Waals surface area contributed by atoms with Crippen molar-refractivity contribution >= 4 is 0 Å². The summed E-state index contributed by atoms with van der Waals surface area (Å²) in [4.78, 5) is 0. The number of nitrogens with zero attached hydrogens (tertiary/aromatic N) is 3. The molecule has 1 aromatic carbocycles. The lowest BCUT2D eigenvalue weighted by Crippen LogP contribution is -2.19. The number of hydrogen-bond acceptors (Lipinski definition) is 4. The van der Waals surface area contributed by atoms with E-state index in [1.165, 1.54) is 11.1 Å². The van der Waals surface area contributed by atoms with Crippen molar-refractivity contribution in [3.63, 3.8) is 0 Å². The largest absolute Gasteiger partial charge is 0.303 e. The fraction of sp³-hybridized carbons (Fsp3) is 0.364. The van der Waals surface area contributed by atoms with Gasteiger partial charge in [0, 0.05) is 6.04 Å². The third-order valence-electron chi connectivity index (χ3n) is 2.61. The third kappa shape index (κ3) is 2.43. The van der Waals surface area contributed by atoms with Crippen LogP contribution in [0.25, 0.3) is 0 Å². The van der Waals surface area contributed by atoms with E-state index < -0.39 is 0 Å². The van der Waals surface area contributed by atoms with Gasteiger partial charge in [0.2, 0.25) is 0 Å². The van der Waals surface area contributed by atoms with Crippen LogP contribution in [-0.2, 0) is 6.54 Å². The second kappa shape index (κ2) is 4.85. The van der Waals surface area contributed by atoms with Crippen LogP contribution >= 0.6 is 0 Å². The van der Waals surface area contributed by atoms with Crippen LogP contribution in [0.4, 0.5) is 0 Å². The van der Waals surface area contributed by atoms with Gasteiger partial charge in [0.15, 0.2) is 5.82 Å². The van der Waals surface area contributed by atoms with Crippen LogP contribution in [0.2, 0.25) is 0 Å². The van der Waals surface area contributed by atoms with Crippen molar-refractivity contribution in [1.82, 2.24) is 25.9 Å². The summed E-state index contributed by atoms with van der Waals surface area (Å²) < 4.78 is 0. The molecule has 84 valence electrons. The van der Waals surface area contributed by atoms with E-state index in [0.29, 0.717) is 12.4 Å². The van der Waals surface area contributed by atoms with Gasteiger partial charge < -0.3 is 5.32 Å². The van der Waals surface area contributed by atoms with Crippen LogP contribution in [-0.4, -0.2) is 20.6 Å². The standard InChI is InChI=1S/C11H15N5/c1-8-5-3-4-6-10(8)9(2)12-7-11-13-15-16-14-11/h3-6,9,12H,7H2,1-2H3,(H,13,14,15,16). The zero-order valence-electron chi connectivity index (χ0n) is 9.44. The Morgan fingerprint density at radius 2 is 2.19 bits per heavy atom. The van der Waals surface area contributed by atoms with Crippen LogP contribution in [0.1, 0.15) is 29.9 Å². The fourth-order valence-electron chi connectivity index (χ4n) is 1.68. The number of H-pyrrole nitrogens is 1. The first-order chi connectivity index (χ1) is 7.77. The van der Waals surface area contributed by atoms with Gasteiger partial charge in [-0.25, -0.2) is 0 Å². The van der Waals surface area contributed by atoms with E-state index in [9.17, 15) is 0 Å². The SMILES string of the molecule is Cc1ccccc1C(C)NCc1nn[nH]n1. The molecule has 0 aliphatic rings. The average molecular weight is 217 g/mol. The van der Waals surface area contributed by atoms with Crippen LogP contribution in [0.3, 0.4) is 0 Å². The minimum absolute atomic E-state index is 0.277. The normalized spacial score (nSPS) is 12.6. The molecule has 0 aliphatic heterocycles. The number of rotatable bonds is 4. The molecule has 0 spiro atoms. The maximum absolute atomic E-state index is 3.89. The van der Waals surface area contributed by atoms with Gasteiger partial charge in [0.05, 0.1) is 6.54 Å². The smallest absolute Gasteiger partial charge is 0.188 e. The average Bonchev–Trinajstić information content (AvgIpc) is 2.79. The van der Waals surface area contributed by atoms with Crippen LogP contribution in [0.15, 0.2) is 24.3 Å². The monoisotopic (exact) mass is 217 g/mol. The molecular formula is C11H15N5. The first kappa shape index (κ1) is 10.8. The van der Waals surface area contributed by atoms with Gasteiger partial charge in [-0.2, -0.15) is 5.21 Å². The molecule has 0 aliphatic carbocycles. The van der Waals surface area contributed by atoms with Gasteiger partial charge in [0.1, 0.15) is 0 Å². The van der Waals surface area contributed by atoms with Crippen molar-refractivity contribution in [2.45, 2.75) is 26.4 Å². The maximum Gasteiger partial charge on any atom is 0.188 e. The molecule has 1 atom stereocenters. The van der Waals surface area contributed by atoms with Crippen molar-refractivity contribution in [3.8, 4) is 0 Å². The minimum Gasteiger partial charge on any atom is -0.303 e. The number of aryl methyl sites for hydroxylation is 1. The predicted octanol–water partition coefficient (Wildman–Crippen LogP) is 1.36. The first-order valence-corrected chi connectivity index (χ1v) is 5.28. The van der Waals surface area contributed by atoms with Crippen molar-refractivity contribution in [1.29, 1.82) is 0 Å². The highest BCUT2D eigenvalue weighted by molar-refractivity contribution is 5.28. The number of nitrogens with one attached hydrogen (secondary N) is 2. The van der Waals surface area contributed by atoms with Crippen LogP contribution < -0.4 is 5.32 Å². The molecule has 16 heavy (non-hydrogen) atoms. The summed E-state index contributed by atoms with van der Waals surface area (Å²) in [5, 5.41) is 17.1. The van der Waals surface area contributed by atoms with E-state index in [2.05, 4.69) is 58.0 Å². The Kier molecular flexibility index (Phi) is 3.26. The first-order valence-electron chi connectivity index (χ1n) is 5.28. The molecular weight excluding hydrogens is 202 g/mol. The third-order valence-corrected chi connectivity index (χ3v) is 2.61. The summed E-state index contributed by atoms with van der Waals surface area (Å²) in [6.45, 7) is 4.86. The molecule has 0 saturated heterocycles. The Morgan fingerprint density at radius 3 is 2.88 bits per heavy atom. The number of hydrogen-bond donors (Lipinski definition) is 2. The number of aromatic nitrogens is 4. The van der Waals surface area contributed by atoms with Gasteiger partial charge >= 0.3 is 0 Å². The van der Waals surface area contributed by atoms with E-state index in [1.807, 2.05) is 6.07 Å². The van der Waals surface area contributed by atoms with Crippen molar-refractivity contribution < 1.29 is 0 Å². The van der Waals surface area contributed by atoms with Crippen LogP contribution in [0.5, 0.6) is 0 Å². The van der Waals surface area contributed by atoms with E-state index in [-0.39, 0.29) is 6.04 Å². The lowest BCUT2D eigenvalue weighted by atomic mass is 10.0. The predicted molar refractivity (Wildman–Crippen MR) is 60.6 cm³/mol. The molecule has 1 heterocycles. The van der Waals surface area contributed by atoms with Gasteiger partial charge in [0.25, 0.3) is 0 Å². The van der Waals surface area contributed by atoms with Crippen molar-refractivity contribution in [3.05, 3.63) is 41.2 Å². The minimum atomic E-state index is 0.277. The summed E-state index contributed by atoms with van der Waals surface area (Å²) in [6.07, 6.45) is 0. The van der Waals surface area contributed by atoms with E-state index in [4.69, 9.17) is 0 Å². The highest BCUT2D eigenvalue weighted by Crippen LogP contribution is 2.16. The highest BCUT2D eigenvalue weighted by atomic mass is 15.5. The lowest BCUT2D eigenvalue weighted by Gasteiger charge is -2.15. The molecule has 5 nitrogen and oxygen atoms in total. The Bertz CT molecular complexity index is 437. The second-order valence-corrected chi connectivity index (χ2v) is 3.79. The van der Waals surface area contributed by atoms with Gasteiger partial charge in [-0.15, -0.1) is 10.2 Å². The number of benzene rings is 1. The summed E-state index contributed by atoms with van der Waals surface area (Å²) in [5.74, 6) is 0.681. The summed E-state index contributed by atoms with van der Waals surface area (Å²) >= 11 is 0. The van der Waals surface area contributed by atoms with E-state index in [0.717, 1.165) is 0 Å².